The number of hydrogen-bond donors (Lipinski definition) is 4. The summed E-state index contributed by atoms with van der Waals surface area (Å²) >= 11 is 0. The molecule has 1 atom stereocenters. The summed E-state index contributed by atoms with van der Waals surface area (Å²) in [6.45, 7) is 0. The van der Waals surface area contributed by atoms with Gasteiger partial charge in [0.25, 0.3) is 0 Å². The SMILES string of the molecule is N.NS(=O)(=O)O.O=[PH+]O. The molecule has 0 radical (unpaired) electrons. The summed E-state index contributed by atoms with van der Waals surface area (Å²) in [7, 11) is -5.33. The molecule has 0 aliphatic heterocycles. The van der Waals surface area contributed by atoms with Crippen molar-refractivity contribution in [2.24, 2.45) is 5.14 Å². The Morgan fingerprint density at radius 2 is 1.44 bits per heavy atom. The van der Waals surface area contributed by atoms with Crippen LogP contribution in [0.5, 0.6) is 0 Å². The zero-order valence-corrected chi connectivity index (χ0v) is 6.13. The maximum Gasteiger partial charge on any atom is 0.491 e. The molecule has 7 N–H and O–H groups in total. The second-order valence-electron chi connectivity index (χ2n) is 0.606. The van der Waals surface area contributed by atoms with Gasteiger partial charge in [-0.15, -0.1) is 0 Å². The molecule has 0 aromatic carbocycles. The predicted octanol–water partition coefficient (Wildman–Crippen LogP) is -1.17. The molecule has 0 rings (SSSR count). The lowest BCUT2D eigenvalue weighted by Gasteiger charge is -1.70. The second kappa shape index (κ2) is 7.89. The Labute approximate surface area is 53.6 Å². The van der Waals surface area contributed by atoms with Crippen molar-refractivity contribution >= 4 is 19.0 Å². The molecule has 0 fully saturated rings. The Balaban J connectivity index is -0.0000000800. The Morgan fingerprint density at radius 3 is 1.44 bits per heavy atom. The van der Waals surface area contributed by atoms with Crippen molar-refractivity contribution in [1.82, 2.24) is 6.15 Å². The molecule has 9 heteroatoms. The summed E-state index contributed by atoms with van der Waals surface area (Å²) in [5, 5.41) is 3.88. The minimum Gasteiger partial charge on any atom is -0.344 e. The van der Waals surface area contributed by atoms with Gasteiger partial charge in [0.1, 0.15) is 0 Å². The largest absolute Gasteiger partial charge is 0.491 e. The van der Waals surface area contributed by atoms with E-state index < -0.39 is 19.0 Å². The molecular weight excluding hydrogens is 171 g/mol. The molecule has 0 aliphatic carbocycles. The second-order valence-corrected chi connectivity index (χ2v) is 1.82. The van der Waals surface area contributed by atoms with Gasteiger partial charge < -0.3 is 6.15 Å². The van der Waals surface area contributed by atoms with Crippen molar-refractivity contribution in [2.45, 2.75) is 0 Å². The molecule has 0 heterocycles. The van der Waals surface area contributed by atoms with Crippen LogP contribution in [0.4, 0.5) is 0 Å². The number of hydrogen-bond acceptors (Lipinski definition) is 4. The molecule has 1 unspecified atom stereocenters. The van der Waals surface area contributed by atoms with Gasteiger partial charge in [0.15, 0.2) is 0 Å². The molecule has 0 spiro atoms. The van der Waals surface area contributed by atoms with Crippen LogP contribution in [0, 0.1) is 0 Å². The average Bonchev–Trinajstić information content (AvgIpc) is 1.27. The Morgan fingerprint density at radius 1 is 1.44 bits per heavy atom. The van der Waals surface area contributed by atoms with E-state index in [1.807, 2.05) is 0 Å². The molecule has 58 valence electrons. The standard InChI is InChI=1S/H3NO3S.H3N.HO2P/c1-5(2,3)4;;1-3-2/h(H3,1,2,3,4);1H3;3H/p+1. The van der Waals surface area contributed by atoms with Gasteiger partial charge >= 0.3 is 19.0 Å². The minimum absolute atomic E-state index is 0. The topological polar surface area (TPSA) is 153 Å². The Kier molecular flexibility index (Phi) is 14.0. The lowest BCUT2D eigenvalue weighted by atomic mass is 13.9. The van der Waals surface area contributed by atoms with Crippen molar-refractivity contribution < 1.29 is 22.4 Å². The fourth-order valence-corrected chi connectivity index (χ4v) is 0. The molecule has 0 bridgehead atoms. The normalized spacial score (nSPS) is 8.78. The summed E-state index contributed by atoms with van der Waals surface area (Å²) in [6, 6.07) is 0. The van der Waals surface area contributed by atoms with E-state index in [9.17, 15) is 0 Å². The monoisotopic (exact) mass is 179 g/mol. The summed E-state index contributed by atoms with van der Waals surface area (Å²) in [6.07, 6.45) is 0. The maximum atomic E-state index is 8.97. The first kappa shape index (κ1) is 16.0. The van der Waals surface area contributed by atoms with Gasteiger partial charge in [-0.3, -0.25) is 4.55 Å². The van der Waals surface area contributed by atoms with Gasteiger partial charge in [0, 0.05) is 0 Å². The zero-order valence-electron chi connectivity index (χ0n) is 4.31. The Bertz CT molecular complexity index is 129. The first-order valence-corrected chi connectivity index (χ1v) is 3.54. The van der Waals surface area contributed by atoms with Crippen LogP contribution < -0.4 is 11.3 Å². The van der Waals surface area contributed by atoms with E-state index in [1.165, 1.54) is 0 Å². The van der Waals surface area contributed by atoms with E-state index in [-0.39, 0.29) is 6.15 Å². The highest BCUT2D eigenvalue weighted by Crippen LogP contribution is 1.66. The van der Waals surface area contributed by atoms with Gasteiger partial charge in [0.05, 0.1) is 0 Å². The van der Waals surface area contributed by atoms with Gasteiger partial charge in [-0.2, -0.15) is 13.3 Å². The van der Waals surface area contributed by atoms with Crippen LogP contribution in [-0.4, -0.2) is 17.9 Å². The molecule has 0 aromatic heterocycles. The van der Waals surface area contributed by atoms with Crippen LogP contribution in [0.25, 0.3) is 0 Å². The molecule has 0 saturated heterocycles. The van der Waals surface area contributed by atoms with E-state index >= 15 is 0 Å². The molecule has 7 nitrogen and oxygen atoms in total. The molecule has 9 heavy (non-hydrogen) atoms. The third-order valence-corrected chi connectivity index (χ3v) is 0. The van der Waals surface area contributed by atoms with E-state index in [1.54, 1.807) is 0 Å². The van der Waals surface area contributed by atoms with Crippen molar-refractivity contribution in [2.75, 3.05) is 0 Å². The van der Waals surface area contributed by atoms with Crippen LogP contribution in [0.3, 0.4) is 0 Å². The van der Waals surface area contributed by atoms with Crippen molar-refractivity contribution in [3.05, 3.63) is 0 Å². The summed E-state index contributed by atoms with van der Waals surface area (Å²) in [5.74, 6) is 0. The first-order valence-electron chi connectivity index (χ1n) is 1.18. The smallest absolute Gasteiger partial charge is 0.344 e. The lowest BCUT2D eigenvalue weighted by molar-refractivity contribution is 0.485. The summed E-state index contributed by atoms with van der Waals surface area (Å²) < 4.78 is 33.7. The molecular formula is H8N2O5PS+. The van der Waals surface area contributed by atoms with Crippen LogP contribution >= 0.6 is 8.69 Å². The van der Waals surface area contributed by atoms with Crippen molar-refractivity contribution in [3.63, 3.8) is 0 Å². The predicted molar refractivity (Wildman–Crippen MR) is 32.0 cm³/mol. The Hall–Kier alpha value is -0.110. The van der Waals surface area contributed by atoms with E-state index in [2.05, 4.69) is 5.14 Å². The molecule has 0 aromatic rings. The fourth-order valence-electron chi connectivity index (χ4n) is 0. The summed E-state index contributed by atoms with van der Waals surface area (Å²) in [4.78, 5) is 7.04. The molecule has 0 amide bonds. The average molecular weight is 179 g/mol. The number of nitrogens with two attached hydrogens (primary N) is 1. The summed E-state index contributed by atoms with van der Waals surface area (Å²) in [5.41, 5.74) is 0. The maximum absolute atomic E-state index is 8.97. The van der Waals surface area contributed by atoms with E-state index in [0.29, 0.717) is 0 Å². The van der Waals surface area contributed by atoms with Crippen molar-refractivity contribution in [1.29, 1.82) is 0 Å². The van der Waals surface area contributed by atoms with Gasteiger partial charge in [-0.25, -0.2) is 5.14 Å². The highest BCUT2D eigenvalue weighted by atomic mass is 32.2. The highest BCUT2D eigenvalue weighted by molar-refractivity contribution is 7.83. The van der Waals surface area contributed by atoms with E-state index in [4.69, 9.17) is 22.4 Å². The quantitative estimate of drug-likeness (QED) is 0.271. The van der Waals surface area contributed by atoms with E-state index in [0.717, 1.165) is 0 Å². The lowest BCUT2D eigenvalue weighted by Crippen LogP contribution is -2.08. The molecule has 0 aliphatic rings. The van der Waals surface area contributed by atoms with Crippen LogP contribution in [0.1, 0.15) is 0 Å². The van der Waals surface area contributed by atoms with Gasteiger partial charge in [0.2, 0.25) is 0 Å². The van der Waals surface area contributed by atoms with Crippen LogP contribution in [0.2, 0.25) is 0 Å². The molecule has 0 saturated carbocycles. The number of rotatable bonds is 0. The highest BCUT2D eigenvalue weighted by Gasteiger charge is 1.81. The van der Waals surface area contributed by atoms with Crippen LogP contribution in [0.15, 0.2) is 0 Å². The first-order chi connectivity index (χ1) is 3.41. The van der Waals surface area contributed by atoms with Crippen LogP contribution in [-0.2, 0) is 14.9 Å². The fraction of sp³-hybridized carbons (Fsp3) is 0. The van der Waals surface area contributed by atoms with Gasteiger partial charge in [-0.1, -0.05) is 0 Å². The third-order valence-electron chi connectivity index (χ3n) is 0. The zero-order chi connectivity index (χ0) is 7.21. The van der Waals surface area contributed by atoms with Crippen molar-refractivity contribution in [3.8, 4) is 0 Å². The van der Waals surface area contributed by atoms with Gasteiger partial charge in [-0.05, 0) is 4.57 Å². The minimum atomic E-state index is -4.17. The third kappa shape index (κ3) is 22600.